The lowest BCUT2D eigenvalue weighted by atomic mass is 9.91. The zero-order valence-electron chi connectivity index (χ0n) is 18.0. The summed E-state index contributed by atoms with van der Waals surface area (Å²) in [7, 11) is -4.02. The summed E-state index contributed by atoms with van der Waals surface area (Å²) in [5, 5.41) is 0.0817. The van der Waals surface area contributed by atoms with Crippen LogP contribution in [0.15, 0.2) is 63.2 Å². The summed E-state index contributed by atoms with van der Waals surface area (Å²) in [6, 6.07) is 10.7. The molecule has 5 nitrogen and oxygen atoms in total. The van der Waals surface area contributed by atoms with Crippen molar-refractivity contribution in [3.63, 3.8) is 0 Å². The number of benzene rings is 2. The van der Waals surface area contributed by atoms with Crippen LogP contribution in [0.25, 0.3) is 10.9 Å². The largest absolute Gasteiger partial charge is 0.369 e. The summed E-state index contributed by atoms with van der Waals surface area (Å²) in [6.45, 7) is 8.14. The highest BCUT2D eigenvalue weighted by Gasteiger charge is 2.27. The summed E-state index contributed by atoms with van der Waals surface area (Å²) >= 11 is 0. The zero-order valence-corrected chi connectivity index (χ0v) is 18.8. The fourth-order valence-corrected chi connectivity index (χ4v) is 6.04. The summed E-state index contributed by atoms with van der Waals surface area (Å²) in [5.41, 5.74) is 0.336. The van der Waals surface area contributed by atoms with Gasteiger partial charge >= 0.3 is 0 Å². The number of nitrogens with zero attached hydrogens (tertiary/aromatic N) is 2. The molecular formula is C24H27FN2O3S. The number of rotatable bonds is 4. The minimum absolute atomic E-state index is 0.0440. The topological polar surface area (TPSA) is 59.4 Å². The number of aromatic nitrogens is 1. The molecule has 0 bridgehead atoms. The van der Waals surface area contributed by atoms with Gasteiger partial charge in [0.2, 0.25) is 15.3 Å². The van der Waals surface area contributed by atoms with E-state index in [1.54, 1.807) is 28.8 Å². The lowest BCUT2D eigenvalue weighted by Gasteiger charge is -2.37. The molecule has 7 heteroatoms. The maximum Gasteiger partial charge on any atom is 0.211 e. The second-order valence-corrected chi connectivity index (χ2v) is 10.5. The Hall–Kier alpha value is -2.67. The number of pyridine rings is 1. The Bertz CT molecular complexity index is 1280. The number of anilines is 1. The highest BCUT2D eigenvalue weighted by molar-refractivity contribution is 7.91. The highest BCUT2D eigenvalue weighted by Crippen LogP contribution is 2.31. The van der Waals surface area contributed by atoms with Crippen LogP contribution in [-0.2, 0) is 16.4 Å². The third-order valence-electron chi connectivity index (χ3n) is 6.01. The fourth-order valence-electron chi connectivity index (χ4n) is 4.65. The molecule has 1 saturated heterocycles. The first-order chi connectivity index (χ1) is 14.7. The van der Waals surface area contributed by atoms with Gasteiger partial charge in [0.05, 0.1) is 21.5 Å². The van der Waals surface area contributed by atoms with Gasteiger partial charge in [-0.1, -0.05) is 32.0 Å². The standard InChI is InChI=1S/C24H27FN2O3S/c1-4-26-15-23(31(29,30)18-8-6-5-7-9-18)24(28)19-11-20(25)22(12-21(19)26)27-13-16(2)10-17(3)14-27/h5-9,11-12,15-17H,4,10,13-14H2,1-3H3. The average molecular weight is 443 g/mol. The van der Waals surface area contributed by atoms with E-state index >= 15 is 4.39 Å². The average Bonchev–Trinajstić information content (AvgIpc) is 2.73. The smallest absolute Gasteiger partial charge is 0.211 e. The number of hydrogen-bond acceptors (Lipinski definition) is 4. The van der Waals surface area contributed by atoms with Gasteiger partial charge in [-0.05, 0) is 49.4 Å². The molecule has 2 aromatic carbocycles. The van der Waals surface area contributed by atoms with Crippen molar-refractivity contribution in [1.82, 2.24) is 4.57 Å². The predicted molar refractivity (Wildman–Crippen MR) is 121 cm³/mol. The van der Waals surface area contributed by atoms with E-state index in [-0.39, 0.29) is 15.2 Å². The number of aryl methyl sites for hydroxylation is 1. The zero-order chi connectivity index (χ0) is 22.3. The molecule has 164 valence electrons. The van der Waals surface area contributed by atoms with E-state index in [4.69, 9.17) is 0 Å². The van der Waals surface area contributed by atoms with Gasteiger partial charge in [-0.15, -0.1) is 0 Å². The van der Waals surface area contributed by atoms with Crippen molar-refractivity contribution in [2.75, 3.05) is 18.0 Å². The Labute approximate surface area is 182 Å². The molecule has 0 radical (unpaired) electrons. The first-order valence-corrected chi connectivity index (χ1v) is 12.1. The predicted octanol–water partition coefficient (Wildman–Crippen LogP) is 4.48. The monoisotopic (exact) mass is 442 g/mol. The van der Waals surface area contributed by atoms with E-state index in [9.17, 15) is 13.2 Å². The summed E-state index contributed by atoms with van der Waals surface area (Å²) in [5.74, 6) is 0.402. The number of sulfone groups is 1. The van der Waals surface area contributed by atoms with Crippen LogP contribution >= 0.6 is 0 Å². The maximum absolute atomic E-state index is 15.2. The van der Waals surface area contributed by atoms with Crippen molar-refractivity contribution in [3.05, 3.63) is 64.7 Å². The second-order valence-electron chi connectivity index (χ2n) is 8.60. The molecule has 1 aromatic heterocycles. The van der Waals surface area contributed by atoms with Crippen molar-refractivity contribution < 1.29 is 12.8 Å². The van der Waals surface area contributed by atoms with Gasteiger partial charge in [-0.3, -0.25) is 4.79 Å². The molecule has 1 aliphatic rings. The van der Waals surface area contributed by atoms with Gasteiger partial charge in [0.15, 0.2) is 0 Å². The Kier molecular flexibility index (Phi) is 5.64. The minimum atomic E-state index is -4.02. The molecule has 31 heavy (non-hydrogen) atoms. The van der Waals surface area contributed by atoms with E-state index in [0.717, 1.165) is 19.5 Å². The van der Waals surface area contributed by atoms with Gasteiger partial charge < -0.3 is 9.47 Å². The summed E-state index contributed by atoms with van der Waals surface area (Å²) in [4.78, 5) is 14.9. The summed E-state index contributed by atoms with van der Waals surface area (Å²) in [6.07, 6.45) is 2.49. The van der Waals surface area contributed by atoms with E-state index in [1.807, 2.05) is 11.8 Å². The molecule has 2 atom stereocenters. The van der Waals surface area contributed by atoms with E-state index in [0.29, 0.717) is 29.6 Å². The number of piperidine rings is 1. The van der Waals surface area contributed by atoms with Crippen LogP contribution in [0.1, 0.15) is 27.2 Å². The van der Waals surface area contributed by atoms with Crippen LogP contribution in [0, 0.1) is 17.7 Å². The van der Waals surface area contributed by atoms with Crippen molar-refractivity contribution in [2.24, 2.45) is 11.8 Å². The van der Waals surface area contributed by atoms with E-state index < -0.39 is 21.1 Å². The van der Waals surface area contributed by atoms with E-state index in [2.05, 4.69) is 13.8 Å². The second kappa shape index (κ2) is 8.11. The third kappa shape index (κ3) is 3.87. The normalized spacial score (nSPS) is 19.7. The van der Waals surface area contributed by atoms with Crippen LogP contribution < -0.4 is 10.3 Å². The number of halogens is 1. The third-order valence-corrected chi connectivity index (χ3v) is 7.77. The Morgan fingerprint density at radius 1 is 1.06 bits per heavy atom. The molecule has 4 rings (SSSR count). The fraction of sp³-hybridized carbons (Fsp3) is 0.375. The van der Waals surface area contributed by atoms with Gasteiger partial charge in [-0.2, -0.15) is 0 Å². The van der Waals surface area contributed by atoms with Crippen molar-refractivity contribution in [3.8, 4) is 0 Å². The van der Waals surface area contributed by atoms with Gasteiger partial charge in [-0.25, -0.2) is 12.8 Å². The minimum Gasteiger partial charge on any atom is -0.369 e. The lowest BCUT2D eigenvalue weighted by Crippen LogP contribution is -2.39. The van der Waals surface area contributed by atoms with Crippen LogP contribution in [-0.4, -0.2) is 26.1 Å². The molecule has 2 unspecified atom stereocenters. The lowest BCUT2D eigenvalue weighted by molar-refractivity contribution is 0.354. The van der Waals surface area contributed by atoms with Crippen molar-refractivity contribution in [1.29, 1.82) is 0 Å². The highest BCUT2D eigenvalue weighted by atomic mass is 32.2. The molecule has 1 fully saturated rings. The Morgan fingerprint density at radius 3 is 2.32 bits per heavy atom. The molecule has 1 aliphatic heterocycles. The van der Waals surface area contributed by atoms with Crippen LogP contribution in [0.2, 0.25) is 0 Å². The molecule has 0 aliphatic carbocycles. The molecule has 0 N–H and O–H groups in total. The summed E-state index contributed by atoms with van der Waals surface area (Å²) < 4.78 is 43.1. The Balaban J connectivity index is 1.91. The first kappa shape index (κ1) is 21.6. The molecule has 2 heterocycles. The van der Waals surface area contributed by atoms with Crippen LogP contribution in [0.4, 0.5) is 10.1 Å². The first-order valence-electron chi connectivity index (χ1n) is 10.6. The van der Waals surface area contributed by atoms with Crippen LogP contribution in [0.5, 0.6) is 0 Å². The van der Waals surface area contributed by atoms with Gasteiger partial charge in [0.25, 0.3) is 0 Å². The van der Waals surface area contributed by atoms with Gasteiger partial charge in [0, 0.05) is 25.8 Å². The van der Waals surface area contributed by atoms with Gasteiger partial charge in [0.1, 0.15) is 10.7 Å². The molecule has 3 aromatic rings. The van der Waals surface area contributed by atoms with Crippen molar-refractivity contribution >= 4 is 26.4 Å². The van der Waals surface area contributed by atoms with Crippen molar-refractivity contribution in [2.45, 2.75) is 43.5 Å². The quantitative estimate of drug-likeness (QED) is 0.598. The maximum atomic E-state index is 15.2. The molecule has 0 saturated carbocycles. The number of hydrogen-bond donors (Lipinski definition) is 0. The van der Waals surface area contributed by atoms with E-state index in [1.165, 1.54) is 24.4 Å². The molecular weight excluding hydrogens is 415 g/mol. The molecule has 0 amide bonds. The number of fused-ring (bicyclic) bond motifs is 1. The Morgan fingerprint density at radius 2 is 1.71 bits per heavy atom. The SMILES string of the molecule is CCn1cc(S(=O)(=O)c2ccccc2)c(=O)c2cc(F)c(N3CC(C)CC(C)C3)cc21. The molecule has 0 spiro atoms. The van der Waals surface area contributed by atoms with Crippen LogP contribution in [0.3, 0.4) is 0 Å².